The second kappa shape index (κ2) is 18.6. The number of aliphatic hydroxyl groups is 1. The summed E-state index contributed by atoms with van der Waals surface area (Å²) in [4.78, 5) is 36.5. The SMILES string of the molecule is O=C1CCc2cc(c(O)c(OC3CCCC3)c2)Cc2ccc(CCCO)c(c2)Cc2cc[nH]c2[N-]CC2=Cc3[n-]ccc3C(CCCCc3cccc(O)c3)C2C(=O)C1. The molecule has 2 unspecified atom stereocenters. The fourth-order valence-corrected chi connectivity index (χ4v) is 9.50. The molecule has 3 heterocycles. The summed E-state index contributed by atoms with van der Waals surface area (Å²) < 4.78 is 6.42. The number of carbonyl (C=O) groups is 2. The van der Waals surface area contributed by atoms with Crippen molar-refractivity contribution < 1.29 is 29.6 Å². The Bertz CT molecular complexity index is 2290. The number of ether oxygens (including phenoxy) is 1. The molecule has 2 aliphatic carbocycles. The standard InChI is InChI=1S/C50H55N3O6/c54-22-6-9-35-16-14-33-23-37(35)28-36-18-20-52-50(36)53-31-39-29-45-43(19-21-51-45)44(13-4-1-7-32-8-5-10-40(55)26-32)48(39)46(57)30-41(56)17-15-34-25-38(24-33)49(58)47(27-34)59-42-11-2-3-12-42/h5,8,10,14,16,18-21,23,25-27,29,42,44,48,52,54-55,58H,1-4,6-7,9,11-13,15,17,22,24,28,30-31H2/q-2. The first-order valence-electron chi connectivity index (χ1n) is 21.5. The molecule has 9 nitrogen and oxygen atoms in total. The third-order valence-corrected chi connectivity index (χ3v) is 12.5. The van der Waals surface area contributed by atoms with Gasteiger partial charge >= 0.3 is 0 Å². The van der Waals surface area contributed by atoms with Crippen molar-refractivity contribution in [1.29, 1.82) is 0 Å². The van der Waals surface area contributed by atoms with E-state index >= 15 is 0 Å². The highest BCUT2D eigenvalue weighted by Crippen LogP contribution is 2.44. The van der Waals surface area contributed by atoms with Gasteiger partial charge in [-0.15, -0.1) is 5.69 Å². The Kier molecular flexibility index (Phi) is 12.7. The van der Waals surface area contributed by atoms with Crippen LogP contribution in [0.2, 0.25) is 0 Å². The summed E-state index contributed by atoms with van der Waals surface area (Å²) in [6.07, 6.45) is 16.1. The molecule has 59 heavy (non-hydrogen) atoms. The minimum atomic E-state index is -0.519. The predicted octanol–water partition coefficient (Wildman–Crippen LogP) is 9.50. The monoisotopic (exact) mass is 793 g/mol. The van der Waals surface area contributed by atoms with E-state index in [9.17, 15) is 24.9 Å². The zero-order chi connectivity index (χ0) is 40.7. The molecule has 4 bridgehead atoms. The van der Waals surface area contributed by atoms with Crippen LogP contribution in [0.5, 0.6) is 17.2 Å². The lowest BCUT2D eigenvalue weighted by Gasteiger charge is -2.36. The molecule has 4 N–H and O–H groups in total. The highest BCUT2D eigenvalue weighted by Gasteiger charge is 2.35. The lowest BCUT2D eigenvalue weighted by molar-refractivity contribution is -0.129. The van der Waals surface area contributed by atoms with E-state index < -0.39 is 5.92 Å². The first kappa shape index (κ1) is 40.2. The number of benzene rings is 3. The zero-order valence-electron chi connectivity index (χ0n) is 33.8. The minimum absolute atomic E-state index is 0.0478. The van der Waals surface area contributed by atoms with Crippen LogP contribution < -0.4 is 9.72 Å². The molecule has 1 saturated carbocycles. The number of H-pyrrole nitrogens is 1. The van der Waals surface area contributed by atoms with Crippen molar-refractivity contribution in [3.63, 3.8) is 0 Å². The zero-order valence-corrected chi connectivity index (χ0v) is 33.8. The number of rotatable bonds is 10. The number of nitrogens with zero attached hydrogens (tertiary/aromatic N) is 2. The van der Waals surface area contributed by atoms with E-state index in [1.54, 1.807) is 18.3 Å². The maximum Gasteiger partial charge on any atom is 0.161 e. The van der Waals surface area contributed by atoms with Gasteiger partial charge in [-0.2, -0.15) is 6.20 Å². The van der Waals surface area contributed by atoms with Crippen LogP contribution in [0.25, 0.3) is 11.4 Å². The van der Waals surface area contributed by atoms with E-state index in [-0.39, 0.29) is 61.1 Å². The molecule has 1 aliphatic heterocycles. The van der Waals surface area contributed by atoms with Gasteiger partial charge in [0.2, 0.25) is 0 Å². The molecule has 0 amide bonds. The average molecular weight is 794 g/mol. The maximum absolute atomic E-state index is 14.6. The Morgan fingerprint density at radius 3 is 2.53 bits per heavy atom. The number of nitrogens with one attached hydrogen (secondary N) is 1. The van der Waals surface area contributed by atoms with Crippen molar-refractivity contribution in [2.45, 2.75) is 108 Å². The Morgan fingerprint density at radius 2 is 1.68 bits per heavy atom. The van der Waals surface area contributed by atoms with Crippen LogP contribution in [-0.4, -0.2) is 51.1 Å². The van der Waals surface area contributed by atoms with Gasteiger partial charge in [0.1, 0.15) is 17.3 Å². The lowest BCUT2D eigenvalue weighted by Crippen LogP contribution is -2.30. The number of ketones is 2. The Balaban J connectivity index is 1.13. The minimum Gasteiger partial charge on any atom is -0.664 e. The number of aryl methyl sites for hydroxylation is 3. The van der Waals surface area contributed by atoms with Crippen molar-refractivity contribution >= 4 is 23.5 Å². The summed E-state index contributed by atoms with van der Waals surface area (Å²) in [5.41, 5.74) is 9.84. The van der Waals surface area contributed by atoms with Gasteiger partial charge in [0, 0.05) is 30.9 Å². The highest BCUT2D eigenvalue weighted by molar-refractivity contribution is 6.02. The van der Waals surface area contributed by atoms with Gasteiger partial charge in [-0.1, -0.05) is 84.2 Å². The third-order valence-electron chi connectivity index (χ3n) is 12.5. The number of unbranched alkanes of at least 4 members (excludes halogenated alkanes) is 1. The molecule has 3 aliphatic rings. The van der Waals surface area contributed by atoms with E-state index in [0.29, 0.717) is 31.4 Å². The van der Waals surface area contributed by atoms with E-state index in [1.807, 2.05) is 42.6 Å². The number of fused-ring (bicyclic) bond motifs is 7. The number of phenols is 2. The molecule has 1 fully saturated rings. The highest BCUT2D eigenvalue weighted by atomic mass is 16.5. The first-order chi connectivity index (χ1) is 28.8. The van der Waals surface area contributed by atoms with Crippen LogP contribution in [0.1, 0.15) is 120 Å². The van der Waals surface area contributed by atoms with Gasteiger partial charge < -0.3 is 35.3 Å². The van der Waals surface area contributed by atoms with Gasteiger partial charge in [-0.3, -0.25) is 9.59 Å². The van der Waals surface area contributed by atoms with Crippen molar-refractivity contribution in [2.75, 3.05) is 13.2 Å². The van der Waals surface area contributed by atoms with Crippen molar-refractivity contribution in [3.05, 3.63) is 140 Å². The number of hydrogen-bond donors (Lipinski definition) is 4. The number of hydrogen-bond acceptors (Lipinski definition) is 6. The van der Waals surface area contributed by atoms with Crippen molar-refractivity contribution in [1.82, 2.24) is 9.97 Å². The Hall–Kier alpha value is -5.54. The molecule has 3 aromatic carbocycles. The average Bonchev–Trinajstić information content (AvgIpc) is 4.02. The van der Waals surface area contributed by atoms with Gasteiger partial charge in [-0.05, 0) is 135 Å². The second-order valence-electron chi connectivity index (χ2n) is 16.8. The van der Waals surface area contributed by atoms with Gasteiger partial charge in [0.05, 0.1) is 12.5 Å². The second-order valence-corrected chi connectivity index (χ2v) is 16.8. The molecule has 0 saturated heterocycles. The largest absolute Gasteiger partial charge is 0.664 e. The number of Topliss-reactive ketones (excluding diaryl/α,β-unsaturated/α-hetero) is 2. The van der Waals surface area contributed by atoms with E-state index in [4.69, 9.17) is 15.0 Å². The van der Waals surface area contributed by atoms with Crippen LogP contribution in [-0.2, 0) is 41.7 Å². The van der Waals surface area contributed by atoms with E-state index in [1.165, 1.54) is 0 Å². The Labute approximate surface area is 346 Å². The molecule has 5 aromatic rings. The van der Waals surface area contributed by atoms with Crippen LogP contribution >= 0.6 is 0 Å². The van der Waals surface area contributed by atoms with E-state index in [0.717, 1.165) is 119 Å². The summed E-state index contributed by atoms with van der Waals surface area (Å²) in [5.74, 6) is 0.733. The lowest BCUT2D eigenvalue weighted by atomic mass is 9.71. The molecule has 9 heteroatoms. The normalized spacial score (nSPS) is 18.8. The summed E-state index contributed by atoms with van der Waals surface area (Å²) in [5, 5.41) is 36.5. The third kappa shape index (κ3) is 9.68. The fraction of sp³-hybridized carbons (Fsp3) is 0.400. The molecular formula is C50H55N3O6-2. The van der Waals surface area contributed by atoms with Gasteiger partial charge in [-0.25, -0.2) is 0 Å². The van der Waals surface area contributed by atoms with Crippen molar-refractivity contribution in [2.24, 2.45) is 5.92 Å². The topological polar surface area (TPSA) is 148 Å². The number of aromatic amines is 1. The van der Waals surface area contributed by atoms with Crippen LogP contribution in [0.15, 0.2) is 84.7 Å². The fourth-order valence-electron chi connectivity index (χ4n) is 9.50. The number of phenolic OH excluding ortho intramolecular Hbond substituents is 2. The number of carbonyl (C=O) groups excluding carboxylic acids is 2. The maximum atomic E-state index is 14.6. The van der Waals surface area contributed by atoms with Gasteiger partial charge in [0.15, 0.2) is 11.5 Å². The van der Waals surface area contributed by atoms with Crippen molar-refractivity contribution in [3.8, 4) is 17.2 Å². The molecule has 2 atom stereocenters. The Morgan fingerprint density at radius 1 is 0.814 bits per heavy atom. The van der Waals surface area contributed by atoms with Crippen LogP contribution in [0.4, 0.5) is 5.82 Å². The number of aromatic nitrogens is 2. The summed E-state index contributed by atoms with van der Waals surface area (Å²) in [6.45, 7) is 0.392. The molecule has 0 radical (unpaired) electrons. The predicted molar refractivity (Wildman–Crippen MR) is 230 cm³/mol. The summed E-state index contributed by atoms with van der Waals surface area (Å²) in [6, 6.07) is 21.7. The molecule has 0 spiro atoms. The molecule has 2 aromatic heterocycles. The van der Waals surface area contributed by atoms with Crippen LogP contribution in [0.3, 0.4) is 0 Å². The summed E-state index contributed by atoms with van der Waals surface area (Å²) in [7, 11) is 0. The molecule has 8 rings (SSSR count). The molecular weight excluding hydrogens is 739 g/mol. The molecule has 308 valence electrons. The number of aliphatic hydroxyl groups excluding tert-OH is 1. The summed E-state index contributed by atoms with van der Waals surface area (Å²) >= 11 is 0. The smallest absolute Gasteiger partial charge is 0.161 e. The number of aromatic hydroxyl groups is 2. The van der Waals surface area contributed by atoms with Crippen LogP contribution in [0, 0.1) is 5.92 Å². The quantitative estimate of drug-likeness (QED) is 0.0813. The van der Waals surface area contributed by atoms with Gasteiger partial charge in [0.25, 0.3) is 0 Å². The first-order valence-corrected chi connectivity index (χ1v) is 21.5. The van der Waals surface area contributed by atoms with E-state index in [2.05, 4.69) is 29.2 Å².